The van der Waals surface area contributed by atoms with Crippen molar-refractivity contribution >= 4 is 17.4 Å². The van der Waals surface area contributed by atoms with Crippen molar-refractivity contribution in [3.8, 4) is 0 Å². The highest BCUT2D eigenvalue weighted by atomic mass is 16.2. The molecule has 1 aliphatic rings. The van der Waals surface area contributed by atoms with Crippen LogP contribution in [0.5, 0.6) is 0 Å². The first-order valence-corrected chi connectivity index (χ1v) is 6.63. The third-order valence-electron chi connectivity index (χ3n) is 3.59. The number of benzene rings is 1. The van der Waals surface area contributed by atoms with E-state index >= 15 is 0 Å². The van der Waals surface area contributed by atoms with Crippen molar-refractivity contribution < 1.29 is 4.79 Å². The van der Waals surface area contributed by atoms with Crippen LogP contribution in [-0.2, 0) is 11.3 Å². The van der Waals surface area contributed by atoms with Crippen molar-refractivity contribution in [3.63, 3.8) is 0 Å². The topological polar surface area (TPSA) is 35.9 Å². The quantitative estimate of drug-likeness (QED) is 0.775. The van der Waals surface area contributed by atoms with Crippen molar-refractivity contribution in [1.29, 1.82) is 0 Å². The lowest BCUT2D eigenvalue weighted by atomic mass is 10.1. The molecule has 1 aliphatic heterocycles. The number of anilines is 1. The summed E-state index contributed by atoms with van der Waals surface area (Å²) >= 11 is 0. The number of aliphatic imine (C=N–C) groups is 1. The summed E-state index contributed by atoms with van der Waals surface area (Å²) in [6.07, 6.45) is 0.530. The van der Waals surface area contributed by atoms with E-state index in [0.717, 1.165) is 11.5 Å². The van der Waals surface area contributed by atoms with Crippen molar-refractivity contribution in [3.05, 3.63) is 29.3 Å². The maximum absolute atomic E-state index is 12.0. The van der Waals surface area contributed by atoms with Crippen molar-refractivity contribution in [2.45, 2.75) is 26.8 Å². The molecule has 102 valence electrons. The molecule has 0 spiro atoms. The lowest BCUT2D eigenvalue weighted by Gasteiger charge is -2.22. The molecule has 19 heavy (non-hydrogen) atoms. The SMILES string of the molecule is CCC(=O)N1CC(=NC)N(C)c2ccc(C)cc2C1. The van der Waals surface area contributed by atoms with Crippen LogP contribution in [0, 0.1) is 6.92 Å². The van der Waals surface area contributed by atoms with E-state index in [4.69, 9.17) is 0 Å². The average Bonchev–Trinajstić information content (AvgIpc) is 2.54. The van der Waals surface area contributed by atoms with Gasteiger partial charge in [-0.15, -0.1) is 0 Å². The standard InChI is InChI=1S/C15H21N3O/c1-5-15(19)18-9-12-8-11(2)6-7-13(12)17(4)14(10-18)16-3/h6-8H,5,9-10H2,1-4H3. The van der Waals surface area contributed by atoms with Gasteiger partial charge in [0.25, 0.3) is 0 Å². The van der Waals surface area contributed by atoms with E-state index in [1.807, 2.05) is 18.9 Å². The molecule has 0 atom stereocenters. The van der Waals surface area contributed by atoms with Crippen LogP contribution in [0.25, 0.3) is 0 Å². The first-order chi connectivity index (χ1) is 9.06. The number of hydrogen-bond acceptors (Lipinski definition) is 2. The lowest BCUT2D eigenvalue weighted by Crippen LogP contribution is -2.38. The number of carbonyl (C=O) groups excluding carboxylic acids is 1. The Bertz CT molecular complexity index is 522. The maximum Gasteiger partial charge on any atom is 0.222 e. The molecular weight excluding hydrogens is 238 g/mol. The van der Waals surface area contributed by atoms with Gasteiger partial charge in [-0.1, -0.05) is 24.6 Å². The molecule has 0 saturated carbocycles. The molecule has 4 heteroatoms. The lowest BCUT2D eigenvalue weighted by molar-refractivity contribution is -0.130. The first-order valence-electron chi connectivity index (χ1n) is 6.63. The number of amides is 1. The summed E-state index contributed by atoms with van der Waals surface area (Å²) in [6, 6.07) is 6.36. The van der Waals surface area contributed by atoms with Crippen molar-refractivity contribution in [2.75, 3.05) is 25.5 Å². The minimum atomic E-state index is 0.170. The van der Waals surface area contributed by atoms with Gasteiger partial charge in [-0.25, -0.2) is 0 Å². The molecule has 1 aromatic rings. The molecule has 4 nitrogen and oxygen atoms in total. The number of amidine groups is 1. The summed E-state index contributed by atoms with van der Waals surface area (Å²) in [5, 5.41) is 0. The van der Waals surface area contributed by atoms with Gasteiger partial charge in [-0.3, -0.25) is 9.79 Å². The predicted octanol–water partition coefficient (Wildman–Crippen LogP) is 2.21. The summed E-state index contributed by atoms with van der Waals surface area (Å²) in [7, 11) is 3.79. The Kier molecular flexibility index (Phi) is 3.88. The molecule has 0 bridgehead atoms. The van der Waals surface area contributed by atoms with Crippen LogP contribution in [0.1, 0.15) is 24.5 Å². The highest BCUT2D eigenvalue weighted by molar-refractivity contribution is 6.01. The van der Waals surface area contributed by atoms with Gasteiger partial charge < -0.3 is 9.80 Å². The molecule has 0 radical (unpaired) electrons. The van der Waals surface area contributed by atoms with Crippen molar-refractivity contribution in [2.24, 2.45) is 4.99 Å². The number of carbonyl (C=O) groups is 1. The molecular formula is C15H21N3O. The largest absolute Gasteiger partial charge is 0.331 e. The first kappa shape index (κ1) is 13.6. The molecule has 0 fully saturated rings. The Morgan fingerprint density at radius 1 is 1.37 bits per heavy atom. The van der Waals surface area contributed by atoms with E-state index in [-0.39, 0.29) is 5.91 Å². The number of rotatable bonds is 1. The molecule has 0 aromatic heterocycles. The highest BCUT2D eigenvalue weighted by Crippen LogP contribution is 2.26. The number of likely N-dealkylation sites (N-methyl/N-ethyl adjacent to an activating group) is 1. The average molecular weight is 259 g/mol. The third-order valence-corrected chi connectivity index (χ3v) is 3.59. The van der Waals surface area contributed by atoms with Crippen LogP contribution in [0.2, 0.25) is 0 Å². The Balaban J connectivity index is 2.47. The second-order valence-electron chi connectivity index (χ2n) is 4.93. The fourth-order valence-electron chi connectivity index (χ4n) is 2.47. The monoisotopic (exact) mass is 259 g/mol. The fraction of sp³-hybridized carbons (Fsp3) is 0.467. The minimum absolute atomic E-state index is 0.170. The minimum Gasteiger partial charge on any atom is -0.331 e. The van der Waals surface area contributed by atoms with E-state index < -0.39 is 0 Å². The number of fused-ring (bicyclic) bond motifs is 1. The van der Waals surface area contributed by atoms with Crippen LogP contribution in [0.3, 0.4) is 0 Å². The normalized spacial score (nSPS) is 17.4. The van der Waals surface area contributed by atoms with E-state index in [9.17, 15) is 4.79 Å². The summed E-state index contributed by atoms with van der Waals surface area (Å²) in [4.78, 5) is 20.3. The van der Waals surface area contributed by atoms with Crippen LogP contribution in [0.4, 0.5) is 5.69 Å². The van der Waals surface area contributed by atoms with Gasteiger partial charge in [-0.05, 0) is 18.6 Å². The van der Waals surface area contributed by atoms with Crippen LogP contribution in [0.15, 0.2) is 23.2 Å². The molecule has 1 aromatic carbocycles. The third kappa shape index (κ3) is 2.62. The summed E-state index contributed by atoms with van der Waals surface area (Å²) < 4.78 is 0. The van der Waals surface area contributed by atoms with E-state index in [2.05, 4.69) is 35.0 Å². The van der Waals surface area contributed by atoms with Crippen LogP contribution < -0.4 is 4.90 Å². The fourth-order valence-corrected chi connectivity index (χ4v) is 2.47. The maximum atomic E-state index is 12.0. The van der Waals surface area contributed by atoms with Gasteiger partial charge in [0.05, 0.1) is 6.54 Å². The Hall–Kier alpha value is -1.84. The second kappa shape index (κ2) is 5.43. The zero-order valence-electron chi connectivity index (χ0n) is 12.1. The van der Waals surface area contributed by atoms with E-state index in [1.54, 1.807) is 7.05 Å². The summed E-state index contributed by atoms with van der Waals surface area (Å²) in [5.41, 5.74) is 3.54. The van der Waals surface area contributed by atoms with Gasteiger partial charge in [0, 0.05) is 32.7 Å². The van der Waals surface area contributed by atoms with Gasteiger partial charge >= 0.3 is 0 Å². The molecule has 0 N–H and O–H groups in total. The zero-order valence-corrected chi connectivity index (χ0v) is 12.1. The van der Waals surface area contributed by atoms with Crippen molar-refractivity contribution in [1.82, 2.24) is 4.90 Å². The Labute approximate surface area is 114 Å². The number of aryl methyl sites for hydroxylation is 1. The second-order valence-corrected chi connectivity index (χ2v) is 4.93. The van der Waals surface area contributed by atoms with E-state index in [0.29, 0.717) is 19.5 Å². The molecule has 1 heterocycles. The molecule has 0 unspecified atom stereocenters. The molecule has 2 rings (SSSR count). The van der Waals surface area contributed by atoms with Gasteiger partial charge in [0.15, 0.2) is 0 Å². The summed E-state index contributed by atoms with van der Waals surface area (Å²) in [5.74, 6) is 1.09. The smallest absolute Gasteiger partial charge is 0.222 e. The van der Waals surface area contributed by atoms with E-state index in [1.165, 1.54) is 11.1 Å². The molecule has 0 aliphatic carbocycles. The van der Waals surface area contributed by atoms with Gasteiger partial charge in [0.1, 0.15) is 5.84 Å². The predicted molar refractivity (Wildman–Crippen MR) is 78.6 cm³/mol. The Morgan fingerprint density at radius 3 is 2.74 bits per heavy atom. The highest BCUT2D eigenvalue weighted by Gasteiger charge is 2.24. The van der Waals surface area contributed by atoms with Crippen LogP contribution in [-0.4, -0.2) is 37.3 Å². The number of hydrogen-bond donors (Lipinski definition) is 0. The zero-order chi connectivity index (χ0) is 14.0. The van der Waals surface area contributed by atoms with Crippen LogP contribution >= 0.6 is 0 Å². The Morgan fingerprint density at radius 2 is 2.11 bits per heavy atom. The summed E-state index contributed by atoms with van der Waals surface area (Å²) in [6.45, 7) is 5.21. The number of nitrogens with zero attached hydrogens (tertiary/aromatic N) is 3. The molecule has 1 amide bonds. The van der Waals surface area contributed by atoms with Gasteiger partial charge in [-0.2, -0.15) is 0 Å². The molecule has 0 saturated heterocycles. The van der Waals surface area contributed by atoms with Gasteiger partial charge in [0.2, 0.25) is 5.91 Å².